The second kappa shape index (κ2) is 7.74. The van der Waals surface area contributed by atoms with Gasteiger partial charge in [0.05, 0.1) is 11.1 Å². The van der Waals surface area contributed by atoms with E-state index in [4.69, 9.17) is 0 Å². The van der Waals surface area contributed by atoms with E-state index in [2.05, 4.69) is 10.3 Å². The largest absolute Gasteiger partial charge is 0.416 e. The molecule has 0 bridgehead atoms. The van der Waals surface area contributed by atoms with Gasteiger partial charge in [-0.05, 0) is 48.4 Å². The minimum Gasteiger partial charge on any atom is -0.354 e. The van der Waals surface area contributed by atoms with Crippen LogP contribution in [0.15, 0.2) is 42.5 Å². The lowest BCUT2D eigenvalue weighted by Crippen LogP contribution is -2.25. The number of benzene rings is 2. The van der Waals surface area contributed by atoms with Gasteiger partial charge in [0.2, 0.25) is 0 Å². The summed E-state index contributed by atoms with van der Waals surface area (Å²) in [6, 6.07) is 8.96. The summed E-state index contributed by atoms with van der Waals surface area (Å²) in [6.07, 6.45) is -9.32. The number of hydrogen-bond donors (Lipinski definition) is 2. The number of aromatic amines is 1. The van der Waals surface area contributed by atoms with Crippen molar-refractivity contribution in [2.24, 2.45) is 0 Å². The first-order valence-electron chi connectivity index (χ1n) is 9.09. The Labute approximate surface area is 163 Å². The number of rotatable bonds is 5. The highest BCUT2D eigenvalue weighted by atomic mass is 19.4. The van der Waals surface area contributed by atoms with Crippen LogP contribution >= 0.6 is 0 Å². The second-order valence-corrected chi connectivity index (χ2v) is 7.18. The van der Waals surface area contributed by atoms with Gasteiger partial charge < -0.3 is 10.3 Å². The Bertz CT molecular complexity index is 966. The minimum absolute atomic E-state index is 0.136. The molecule has 156 valence electrons. The fourth-order valence-corrected chi connectivity index (χ4v) is 3.29. The van der Waals surface area contributed by atoms with Crippen LogP contribution in [-0.4, -0.2) is 17.6 Å². The van der Waals surface area contributed by atoms with E-state index in [1.54, 1.807) is 24.3 Å². The molecule has 0 radical (unpaired) electrons. The van der Waals surface area contributed by atoms with Gasteiger partial charge in [-0.25, -0.2) is 0 Å². The zero-order chi connectivity index (χ0) is 21.4. The van der Waals surface area contributed by atoms with Gasteiger partial charge in [0.1, 0.15) is 0 Å². The van der Waals surface area contributed by atoms with Crippen LogP contribution in [0.1, 0.15) is 30.5 Å². The van der Waals surface area contributed by atoms with E-state index in [1.165, 1.54) is 0 Å². The lowest BCUT2D eigenvalue weighted by Gasteiger charge is -2.15. The van der Waals surface area contributed by atoms with Crippen molar-refractivity contribution in [1.82, 2.24) is 10.3 Å². The maximum atomic E-state index is 13.3. The van der Waals surface area contributed by atoms with E-state index >= 15 is 0 Å². The first kappa shape index (κ1) is 21.2. The average molecular weight is 414 g/mol. The molecule has 0 aliphatic rings. The molecule has 0 amide bonds. The maximum absolute atomic E-state index is 13.3. The lowest BCUT2D eigenvalue weighted by atomic mass is 9.98. The Kier molecular flexibility index (Phi) is 5.67. The highest BCUT2D eigenvalue weighted by Gasteiger charge is 2.37. The van der Waals surface area contributed by atoms with Crippen molar-refractivity contribution in [2.75, 3.05) is 6.54 Å². The fraction of sp³-hybridized carbons (Fsp3) is 0.333. The summed E-state index contributed by atoms with van der Waals surface area (Å²) >= 11 is 0. The van der Waals surface area contributed by atoms with Crippen LogP contribution in [0.2, 0.25) is 0 Å². The van der Waals surface area contributed by atoms with Crippen LogP contribution in [0.5, 0.6) is 0 Å². The SMILES string of the molecule is CC(C)NCCc1c(-c2cc(C(F)(F)F)cc(C(F)(F)F)c2)[nH]c2ccccc12. The van der Waals surface area contributed by atoms with Crippen molar-refractivity contribution in [3.8, 4) is 11.3 Å². The van der Waals surface area contributed by atoms with Crippen molar-refractivity contribution in [2.45, 2.75) is 38.7 Å². The molecule has 0 atom stereocenters. The molecule has 1 heterocycles. The van der Waals surface area contributed by atoms with E-state index in [0.29, 0.717) is 24.0 Å². The number of para-hydroxylation sites is 1. The van der Waals surface area contributed by atoms with Crippen LogP contribution in [0.25, 0.3) is 22.2 Å². The summed E-state index contributed by atoms with van der Waals surface area (Å²) in [6.45, 7) is 4.45. The molecule has 2 aromatic carbocycles. The number of aromatic nitrogens is 1. The Morgan fingerprint density at radius 2 is 1.48 bits per heavy atom. The van der Waals surface area contributed by atoms with Crippen LogP contribution in [0.3, 0.4) is 0 Å². The summed E-state index contributed by atoms with van der Waals surface area (Å²) in [7, 11) is 0. The number of nitrogens with one attached hydrogen (secondary N) is 2. The molecular weight excluding hydrogens is 394 g/mol. The standard InChI is InChI=1S/C21H20F6N2/c1-12(2)28-8-7-17-16-5-3-4-6-18(16)29-19(17)13-9-14(20(22,23)24)11-15(10-13)21(25,26)27/h3-6,9-12,28-29H,7-8H2,1-2H3. The summed E-state index contributed by atoms with van der Waals surface area (Å²) in [5, 5.41) is 4.00. The number of H-pyrrole nitrogens is 1. The second-order valence-electron chi connectivity index (χ2n) is 7.18. The molecule has 1 aromatic heterocycles. The number of hydrogen-bond acceptors (Lipinski definition) is 1. The molecule has 2 N–H and O–H groups in total. The molecule has 8 heteroatoms. The fourth-order valence-electron chi connectivity index (χ4n) is 3.29. The number of alkyl halides is 6. The third-order valence-corrected chi connectivity index (χ3v) is 4.62. The lowest BCUT2D eigenvalue weighted by molar-refractivity contribution is -0.143. The van der Waals surface area contributed by atoms with Gasteiger partial charge in [-0.2, -0.15) is 26.3 Å². The zero-order valence-corrected chi connectivity index (χ0v) is 15.8. The van der Waals surface area contributed by atoms with Crippen molar-refractivity contribution in [3.05, 3.63) is 59.2 Å². The van der Waals surface area contributed by atoms with E-state index in [0.717, 1.165) is 17.5 Å². The molecule has 0 saturated carbocycles. The summed E-state index contributed by atoms with van der Waals surface area (Å²) < 4.78 is 79.6. The van der Waals surface area contributed by atoms with Crippen molar-refractivity contribution < 1.29 is 26.3 Å². The first-order valence-corrected chi connectivity index (χ1v) is 9.09. The van der Waals surface area contributed by atoms with Gasteiger partial charge in [-0.3, -0.25) is 0 Å². The molecule has 3 rings (SSSR count). The summed E-state index contributed by atoms with van der Waals surface area (Å²) in [4.78, 5) is 3.01. The van der Waals surface area contributed by atoms with E-state index in [1.807, 2.05) is 13.8 Å². The Hall–Kier alpha value is -2.48. The maximum Gasteiger partial charge on any atom is 0.416 e. The molecular formula is C21H20F6N2. The topological polar surface area (TPSA) is 27.8 Å². The van der Waals surface area contributed by atoms with Gasteiger partial charge >= 0.3 is 12.4 Å². The van der Waals surface area contributed by atoms with E-state index in [-0.39, 0.29) is 23.4 Å². The van der Waals surface area contributed by atoms with Gasteiger partial charge in [0.15, 0.2) is 0 Å². The summed E-state index contributed by atoms with van der Waals surface area (Å²) in [5.41, 5.74) is -1.18. The third-order valence-electron chi connectivity index (χ3n) is 4.62. The molecule has 2 nitrogen and oxygen atoms in total. The normalized spacial score (nSPS) is 12.9. The molecule has 3 aromatic rings. The van der Waals surface area contributed by atoms with Gasteiger partial charge in [0.25, 0.3) is 0 Å². The first-order chi connectivity index (χ1) is 13.5. The number of halogens is 6. The van der Waals surface area contributed by atoms with Crippen LogP contribution in [0, 0.1) is 0 Å². The van der Waals surface area contributed by atoms with Crippen molar-refractivity contribution >= 4 is 10.9 Å². The molecule has 0 aliphatic carbocycles. The monoisotopic (exact) mass is 414 g/mol. The van der Waals surface area contributed by atoms with Crippen molar-refractivity contribution in [1.29, 1.82) is 0 Å². The van der Waals surface area contributed by atoms with Crippen molar-refractivity contribution in [3.63, 3.8) is 0 Å². The Morgan fingerprint density at radius 3 is 2.03 bits per heavy atom. The van der Waals surface area contributed by atoms with E-state index in [9.17, 15) is 26.3 Å². The number of fused-ring (bicyclic) bond motifs is 1. The highest BCUT2D eigenvalue weighted by molar-refractivity contribution is 5.91. The average Bonchev–Trinajstić information content (AvgIpc) is 2.98. The minimum atomic E-state index is -4.89. The highest BCUT2D eigenvalue weighted by Crippen LogP contribution is 2.40. The molecule has 0 spiro atoms. The van der Waals surface area contributed by atoms with Crippen LogP contribution < -0.4 is 5.32 Å². The van der Waals surface area contributed by atoms with Gasteiger partial charge in [0, 0.05) is 22.6 Å². The van der Waals surface area contributed by atoms with Gasteiger partial charge in [-0.15, -0.1) is 0 Å². The quantitative estimate of drug-likeness (QED) is 0.464. The molecule has 29 heavy (non-hydrogen) atoms. The van der Waals surface area contributed by atoms with Crippen LogP contribution in [-0.2, 0) is 18.8 Å². The molecule has 0 unspecified atom stereocenters. The molecule has 0 fully saturated rings. The Balaban J connectivity index is 2.19. The smallest absolute Gasteiger partial charge is 0.354 e. The predicted molar refractivity (Wildman–Crippen MR) is 101 cm³/mol. The third kappa shape index (κ3) is 4.75. The Morgan fingerprint density at radius 1 is 0.897 bits per heavy atom. The van der Waals surface area contributed by atoms with Gasteiger partial charge in [-0.1, -0.05) is 32.0 Å². The predicted octanol–water partition coefficient (Wildman–Crippen LogP) is 6.41. The summed E-state index contributed by atoms with van der Waals surface area (Å²) in [5.74, 6) is 0. The zero-order valence-electron chi connectivity index (χ0n) is 15.8. The molecule has 0 saturated heterocycles. The molecule has 0 aliphatic heterocycles. The van der Waals surface area contributed by atoms with E-state index < -0.39 is 23.5 Å². The van der Waals surface area contributed by atoms with Crippen LogP contribution in [0.4, 0.5) is 26.3 Å².